The van der Waals surface area contributed by atoms with Gasteiger partial charge < -0.3 is 15.3 Å². The third-order valence-corrected chi connectivity index (χ3v) is 10.5. The summed E-state index contributed by atoms with van der Waals surface area (Å²) in [4.78, 5) is 17.5. The van der Waals surface area contributed by atoms with Gasteiger partial charge >= 0.3 is 0 Å². The highest BCUT2D eigenvalue weighted by molar-refractivity contribution is 5.95. The number of aliphatic hydroxyl groups is 3. The lowest BCUT2D eigenvalue weighted by molar-refractivity contribution is -0.153. The standard InChI is InChI=1S/C28H39NO4/c1-17(6-7-18-5-4-12-29-16-18)19-9-11-28(33)21-13-23(30)22-14-24(31)25(32)15-26(22,2)20(21)8-10-27(19,28)3/h4-5,12-13,16-17,19-20,22,24-25,31-33H,6-11,14-15H2,1-3H3/t17?,19-,20?,22+,24-,25+,26-,27-,28-/m1/s1. The fourth-order valence-corrected chi connectivity index (χ4v) is 8.47. The maximum atomic E-state index is 13.3. The van der Waals surface area contributed by atoms with Crippen molar-refractivity contribution in [2.24, 2.45) is 34.5 Å². The zero-order chi connectivity index (χ0) is 23.6. The van der Waals surface area contributed by atoms with Crippen molar-refractivity contribution in [1.82, 2.24) is 4.98 Å². The van der Waals surface area contributed by atoms with Crippen LogP contribution in [0, 0.1) is 34.5 Å². The summed E-state index contributed by atoms with van der Waals surface area (Å²) in [6.45, 7) is 6.68. The molecule has 5 rings (SSSR count). The molecule has 4 aliphatic carbocycles. The summed E-state index contributed by atoms with van der Waals surface area (Å²) in [5, 5.41) is 33.0. The van der Waals surface area contributed by atoms with Crippen molar-refractivity contribution in [2.45, 2.75) is 89.9 Å². The number of aromatic nitrogens is 1. The van der Waals surface area contributed by atoms with E-state index in [-0.39, 0.29) is 23.0 Å². The van der Waals surface area contributed by atoms with Crippen molar-refractivity contribution in [2.75, 3.05) is 0 Å². The largest absolute Gasteiger partial charge is 0.390 e. The van der Waals surface area contributed by atoms with E-state index in [0.717, 1.165) is 37.7 Å². The van der Waals surface area contributed by atoms with Gasteiger partial charge in [-0.3, -0.25) is 9.78 Å². The van der Waals surface area contributed by atoms with Crippen molar-refractivity contribution in [3.63, 3.8) is 0 Å². The molecule has 33 heavy (non-hydrogen) atoms. The highest BCUT2D eigenvalue weighted by Gasteiger charge is 2.66. The van der Waals surface area contributed by atoms with Crippen LogP contribution in [0.25, 0.3) is 0 Å². The number of ketones is 1. The minimum absolute atomic E-state index is 0.0282. The van der Waals surface area contributed by atoms with Crippen LogP contribution in [0.1, 0.15) is 71.3 Å². The summed E-state index contributed by atoms with van der Waals surface area (Å²) in [7, 11) is 0. The number of nitrogens with zero attached hydrogens (tertiary/aromatic N) is 1. The average molecular weight is 454 g/mol. The Kier molecular flexibility index (Phi) is 5.62. The first-order chi connectivity index (χ1) is 15.6. The molecular formula is C28H39NO4. The fraction of sp³-hybridized carbons (Fsp3) is 0.714. The van der Waals surface area contributed by atoms with Crippen LogP contribution >= 0.6 is 0 Å². The molecule has 0 amide bonds. The molecule has 0 saturated heterocycles. The lowest BCUT2D eigenvalue weighted by Gasteiger charge is -2.60. The van der Waals surface area contributed by atoms with Crippen molar-refractivity contribution < 1.29 is 20.1 Å². The minimum atomic E-state index is -0.964. The monoisotopic (exact) mass is 453 g/mol. The van der Waals surface area contributed by atoms with E-state index in [0.29, 0.717) is 31.1 Å². The Morgan fingerprint density at radius 3 is 2.67 bits per heavy atom. The van der Waals surface area contributed by atoms with Gasteiger partial charge in [0.25, 0.3) is 0 Å². The summed E-state index contributed by atoms with van der Waals surface area (Å²) in [5.41, 5.74) is 0.559. The number of hydrogen-bond acceptors (Lipinski definition) is 5. The summed E-state index contributed by atoms with van der Waals surface area (Å²) in [5.74, 6) is 0.717. The Balaban J connectivity index is 1.42. The van der Waals surface area contributed by atoms with Crippen LogP contribution in [0.4, 0.5) is 0 Å². The SMILES string of the molecule is CC(CCc1cccnc1)[C@H]1CC[C@@]2(O)C3=CC(=O)[C@@H]4C[C@@H](O)[C@@H](O)C[C@]4(C)C3CC[C@]12C. The van der Waals surface area contributed by atoms with E-state index in [1.807, 2.05) is 12.3 Å². The maximum absolute atomic E-state index is 13.3. The van der Waals surface area contributed by atoms with Crippen LogP contribution < -0.4 is 0 Å². The number of rotatable bonds is 4. The lowest BCUT2D eigenvalue weighted by atomic mass is 9.46. The average Bonchev–Trinajstić information content (AvgIpc) is 3.06. The zero-order valence-corrected chi connectivity index (χ0v) is 20.2. The Morgan fingerprint density at radius 1 is 1.15 bits per heavy atom. The van der Waals surface area contributed by atoms with E-state index in [2.05, 4.69) is 31.8 Å². The molecule has 9 atom stereocenters. The number of hydrogen-bond donors (Lipinski definition) is 3. The maximum Gasteiger partial charge on any atom is 0.159 e. The molecule has 5 nitrogen and oxygen atoms in total. The topological polar surface area (TPSA) is 90.7 Å². The Labute approximate surface area is 197 Å². The van der Waals surface area contributed by atoms with Gasteiger partial charge in [0.2, 0.25) is 0 Å². The lowest BCUT2D eigenvalue weighted by Crippen LogP contribution is -2.60. The first-order valence-corrected chi connectivity index (χ1v) is 12.8. The van der Waals surface area contributed by atoms with E-state index in [9.17, 15) is 20.1 Å². The van der Waals surface area contributed by atoms with Crippen LogP contribution in [0.15, 0.2) is 36.2 Å². The number of carbonyl (C=O) groups is 1. The highest BCUT2D eigenvalue weighted by atomic mass is 16.3. The van der Waals surface area contributed by atoms with E-state index in [1.165, 1.54) is 5.56 Å². The van der Waals surface area contributed by atoms with E-state index in [1.54, 1.807) is 12.3 Å². The third-order valence-electron chi connectivity index (χ3n) is 10.5. The van der Waals surface area contributed by atoms with Gasteiger partial charge in [-0.15, -0.1) is 0 Å². The number of aryl methyl sites for hydroxylation is 1. The van der Waals surface area contributed by atoms with E-state index in [4.69, 9.17) is 0 Å². The number of carbonyl (C=O) groups excluding carboxylic acids is 1. The molecular weight excluding hydrogens is 414 g/mol. The van der Waals surface area contributed by atoms with Gasteiger partial charge in [-0.1, -0.05) is 26.8 Å². The number of aliphatic hydroxyl groups excluding tert-OH is 2. The van der Waals surface area contributed by atoms with Crippen molar-refractivity contribution >= 4 is 5.78 Å². The predicted octanol–water partition coefficient (Wildman–Crippen LogP) is 3.85. The molecule has 1 aromatic rings. The second-order valence-electron chi connectivity index (χ2n) is 12.0. The van der Waals surface area contributed by atoms with Crippen molar-refractivity contribution in [3.05, 3.63) is 41.7 Å². The number of pyridine rings is 1. The van der Waals surface area contributed by atoms with Crippen LogP contribution in [-0.4, -0.2) is 43.9 Å². The molecule has 0 bridgehead atoms. The summed E-state index contributed by atoms with van der Waals surface area (Å²) < 4.78 is 0. The normalized spacial score (nSPS) is 45.6. The summed E-state index contributed by atoms with van der Waals surface area (Å²) in [6, 6.07) is 4.11. The molecule has 1 aromatic heterocycles. The molecule has 3 saturated carbocycles. The predicted molar refractivity (Wildman–Crippen MR) is 126 cm³/mol. The molecule has 3 N–H and O–H groups in total. The first-order valence-electron chi connectivity index (χ1n) is 12.8. The van der Waals surface area contributed by atoms with Gasteiger partial charge in [0, 0.05) is 23.7 Å². The van der Waals surface area contributed by atoms with E-state index < -0.39 is 23.2 Å². The van der Waals surface area contributed by atoms with E-state index >= 15 is 0 Å². The molecule has 2 unspecified atom stereocenters. The van der Waals surface area contributed by atoms with Crippen LogP contribution in [-0.2, 0) is 11.2 Å². The van der Waals surface area contributed by atoms with Crippen molar-refractivity contribution in [3.8, 4) is 0 Å². The molecule has 0 radical (unpaired) electrons. The van der Waals surface area contributed by atoms with Crippen LogP contribution in [0.5, 0.6) is 0 Å². The molecule has 4 aliphatic rings. The third kappa shape index (κ3) is 3.37. The van der Waals surface area contributed by atoms with Gasteiger partial charge in [0.15, 0.2) is 5.78 Å². The second-order valence-corrected chi connectivity index (χ2v) is 12.0. The zero-order valence-electron chi connectivity index (χ0n) is 20.2. The second kappa shape index (κ2) is 8.00. The van der Waals surface area contributed by atoms with Gasteiger partial charge in [0.05, 0.1) is 17.8 Å². The minimum Gasteiger partial charge on any atom is -0.390 e. The van der Waals surface area contributed by atoms with Gasteiger partial charge in [0.1, 0.15) is 0 Å². The van der Waals surface area contributed by atoms with Crippen LogP contribution in [0.2, 0.25) is 0 Å². The Bertz CT molecular complexity index is 946. The first kappa shape index (κ1) is 23.2. The van der Waals surface area contributed by atoms with Crippen LogP contribution in [0.3, 0.4) is 0 Å². The molecule has 180 valence electrons. The molecule has 0 aliphatic heterocycles. The van der Waals surface area contributed by atoms with Crippen molar-refractivity contribution in [1.29, 1.82) is 0 Å². The quantitative estimate of drug-likeness (QED) is 0.644. The van der Waals surface area contributed by atoms with Gasteiger partial charge in [-0.25, -0.2) is 0 Å². The smallest absolute Gasteiger partial charge is 0.159 e. The molecule has 0 aromatic carbocycles. The number of fused-ring (bicyclic) bond motifs is 5. The number of allylic oxidation sites excluding steroid dienone is 1. The molecule has 1 heterocycles. The molecule has 3 fully saturated rings. The Hall–Kier alpha value is -1.56. The van der Waals surface area contributed by atoms with Gasteiger partial charge in [-0.2, -0.15) is 0 Å². The summed E-state index contributed by atoms with van der Waals surface area (Å²) in [6.07, 6.45) is 10.2. The van der Waals surface area contributed by atoms with Gasteiger partial charge in [-0.05, 0) is 97.8 Å². The Morgan fingerprint density at radius 2 is 1.94 bits per heavy atom. The molecule has 5 heteroatoms. The molecule has 0 spiro atoms. The fourth-order valence-electron chi connectivity index (χ4n) is 8.47. The highest BCUT2D eigenvalue weighted by Crippen LogP contribution is 2.68. The summed E-state index contributed by atoms with van der Waals surface area (Å²) >= 11 is 0.